The van der Waals surface area contributed by atoms with Gasteiger partial charge in [0.1, 0.15) is 0 Å². The predicted molar refractivity (Wildman–Crippen MR) is 75.2 cm³/mol. The van der Waals surface area contributed by atoms with Gasteiger partial charge in [-0.25, -0.2) is 0 Å². The second kappa shape index (κ2) is 9.34. The van der Waals surface area contributed by atoms with Crippen LogP contribution in [0.15, 0.2) is 0 Å². The molecule has 0 fully saturated rings. The second-order valence-electron chi connectivity index (χ2n) is 5.40. The average Bonchev–Trinajstić information content (AvgIpc) is 2.34. The minimum absolute atomic E-state index is 0.0295. The van der Waals surface area contributed by atoms with E-state index in [0.717, 1.165) is 25.7 Å². The van der Waals surface area contributed by atoms with E-state index in [2.05, 4.69) is 12.2 Å². The lowest BCUT2D eigenvalue weighted by Crippen LogP contribution is -2.40. The van der Waals surface area contributed by atoms with Crippen molar-refractivity contribution in [3.63, 3.8) is 0 Å². The highest BCUT2D eigenvalue weighted by Crippen LogP contribution is 2.16. The largest absolute Gasteiger partial charge is 0.388 e. The van der Waals surface area contributed by atoms with Crippen LogP contribution in [0.25, 0.3) is 0 Å². The van der Waals surface area contributed by atoms with Crippen molar-refractivity contribution in [2.75, 3.05) is 13.1 Å². The number of carbonyl (C=O) groups is 1. The van der Waals surface area contributed by atoms with E-state index in [1.165, 1.54) is 0 Å². The molecule has 0 aromatic rings. The van der Waals surface area contributed by atoms with Crippen LogP contribution >= 0.6 is 0 Å². The van der Waals surface area contributed by atoms with Crippen LogP contribution < -0.4 is 11.1 Å². The van der Waals surface area contributed by atoms with Gasteiger partial charge in [-0.2, -0.15) is 0 Å². The van der Waals surface area contributed by atoms with E-state index in [-0.39, 0.29) is 5.91 Å². The standard InChI is InChI=1S/C14H30N2O2/c1-4-6-12(9-10-15)7-8-13(17)16-11-14(3,18)5-2/h12,18H,4-11,15H2,1-3H3,(H,16,17). The molecule has 0 spiro atoms. The number of hydrogen-bond donors (Lipinski definition) is 3. The zero-order valence-electron chi connectivity index (χ0n) is 12.2. The third-order valence-electron chi connectivity index (χ3n) is 3.48. The van der Waals surface area contributed by atoms with Gasteiger partial charge in [0.25, 0.3) is 0 Å². The number of nitrogens with one attached hydrogen (secondary N) is 1. The van der Waals surface area contributed by atoms with Crippen LogP contribution in [0, 0.1) is 5.92 Å². The lowest BCUT2D eigenvalue weighted by atomic mass is 9.94. The third-order valence-corrected chi connectivity index (χ3v) is 3.48. The molecular weight excluding hydrogens is 228 g/mol. The Bertz CT molecular complexity index is 224. The molecular formula is C14H30N2O2. The molecule has 1 amide bonds. The van der Waals surface area contributed by atoms with Crippen molar-refractivity contribution in [3.8, 4) is 0 Å². The van der Waals surface area contributed by atoms with E-state index in [1.54, 1.807) is 6.92 Å². The molecule has 0 saturated heterocycles. The molecule has 0 aliphatic carbocycles. The minimum atomic E-state index is -0.796. The Hall–Kier alpha value is -0.610. The maximum absolute atomic E-state index is 11.7. The van der Waals surface area contributed by atoms with Crippen LogP contribution in [0.3, 0.4) is 0 Å². The van der Waals surface area contributed by atoms with Gasteiger partial charge >= 0.3 is 0 Å². The molecule has 0 aromatic carbocycles. The molecule has 0 heterocycles. The number of hydrogen-bond acceptors (Lipinski definition) is 3. The van der Waals surface area contributed by atoms with Crippen LogP contribution in [0.1, 0.15) is 59.3 Å². The summed E-state index contributed by atoms with van der Waals surface area (Å²) in [7, 11) is 0. The van der Waals surface area contributed by atoms with E-state index in [1.807, 2.05) is 6.92 Å². The molecule has 4 heteroatoms. The molecule has 108 valence electrons. The molecule has 18 heavy (non-hydrogen) atoms. The van der Waals surface area contributed by atoms with Crippen molar-refractivity contribution in [2.45, 2.75) is 64.9 Å². The Morgan fingerprint density at radius 3 is 2.50 bits per heavy atom. The van der Waals surface area contributed by atoms with Gasteiger partial charge in [-0.3, -0.25) is 4.79 Å². The first kappa shape index (κ1) is 17.4. The molecule has 0 aliphatic rings. The lowest BCUT2D eigenvalue weighted by molar-refractivity contribution is -0.122. The van der Waals surface area contributed by atoms with Crippen LogP contribution in [0.5, 0.6) is 0 Å². The smallest absolute Gasteiger partial charge is 0.220 e. The van der Waals surface area contributed by atoms with Gasteiger partial charge in [0, 0.05) is 13.0 Å². The summed E-state index contributed by atoms with van der Waals surface area (Å²) < 4.78 is 0. The summed E-state index contributed by atoms with van der Waals surface area (Å²) in [5, 5.41) is 12.6. The first-order chi connectivity index (χ1) is 8.45. The van der Waals surface area contributed by atoms with Gasteiger partial charge in [-0.05, 0) is 38.6 Å². The highest BCUT2D eigenvalue weighted by molar-refractivity contribution is 5.75. The number of carbonyl (C=O) groups excluding carboxylic acids is 1. The molecule has 4 nitrogen and oxygen atoms in total. The Morgan fingerprint density at radius 2 is 2.00 bits per heavy atom. The fourth-order valence-corrected chi connectivity index (χ4v) is 1.91. The Morgan fingerprint density at radius 1 is 1.33 bits per heavy atom. The fourth-order valence-electron chi connectivity index (χ4n) is 1.91. The summed E-state index contributed by atoms with van der Waals surface area (Å²) in [4.78, 5) is 11.7. The molecule has 2 unspecified atom stereocenters. The lowest BCUT2D eigenvalue weighted by Gasteiger charge is -2.22. The number of rotatable bonds is 10. The van der Waals surface area contributed by atoms with Crippen LogP contribution in [-0.4, -0.2) is 29.7 Å². The second-order valence-corrected chi connectivity index (χ2v) is 5.40. The van der Waals surface area contributed by atoms with Crippen LogP contribution in [-0.2, 0) is 4.79 Å². The highest BCUT2D eigenvalue weighted by atomic mass is 16.3. The van der Waals surface area contributed by atoms with Crippen molar-refractivity contribution in [1.82, 2.24) is 5.32 Å². The van der Waals surface area contributed by atoms with Crippen molar-refractivity contribution in [2.24, 2.45) is 11.7 Å². The van der Waals surface area contributed by atoms with Gasteiger partial charge < -0.3 is 16.2 Å². The molecule has 0 radical (unpaired) electrons. The van der Waals surface area contributed by atoms with Gasteiger partial charge in [0.05, 0.1) is 5.60 Å². The van der Waals surface area contributed by atoms with E-state index >= 15 is 0 Å². The number of nitrogens with two attached hydrogens (primary N) is 1. The zero-order valence-corrected chi connectivity index (χ0v) is 12.2. The quantitative estimate of drug-likeness (QED) is 0.559. The van der Waals surface area contributed by atoms with Crippen molar-refractivity contribution < 1.29 is 9.90 Å². The summed E-state index contributed by atoms with van der Waals surface area (Å²) >= 11 is 0. The SMILES string of the molecule is CCCC(CCN)CCC(=O)NCC(C)(O)CC. The summed E-state index contributed by atoms with van der Waals surface area (Å²) in [5.74, 6) is 0.583. The van der Waals surface area contributed by atoms with Crippen LogP contribution in [0.4, 0.5) is 0 Å². The first-order valence-corrected chi connectivity index (χ1v) is 7.14. The number of aliphatic hydroxyl groups is 1. The van der Waals surface area contributed by atoms with Gasteiger partial charge in [-0.1, -0.05) is 26.7 Å². The third kappa shape index (κ3) is 8.48. The van der Waals surface area contributed by atoms with Gasteiger partial charge in [0.2, 0.25) is 5.91 Å². The molecule has 0 bridgehead atoms. The van der Waals surface area contributed by atoms with Crippen molar-refractivity contribution in [1.29, 1.82) is 0 Å². The molecule has 0 aromatic heterocycles. The maximum Gasteiger partial charge on any atom is 0.220 e. The Kier molecular flexibility index (Phi) is 9.02. The van der Waals surface area contributed by atoms with E-state index < -0.39 is 5.60 Å². The van der Waals surface area contributed by atoms with Crippen molar-refractivity contribution in [3.05, 3.63) is 0 Å². The zero-order chi connectivity index (χ0) is 14.0. The van der Waals surface area contributed by atoms with Crippen LogP contribution in [0.2, 0.25) is 0 Å². The van der Waals surface area contributed by atoms with Crippen molar-refractivity contribution >= 4 is 5.91 Å². The molecule has 0 saturated carbocycles. The Balaban J connectivity index is 3.86. The Labute approximate surface area is 111 Å². The van der Waals surface area contributed by atoms with Gasteiger partial charge in [-0.15, -0.1) is 0 Å². The summed E-state index contributed by atoms with van der Waals surface area (Å²) in [5.41, 5.74) is 4.77. The summed E-state index contributed by atoms with van der Waals surface area (Å²) in [6, 6.07) is 0. The van der Waals surface area contributed by atoms with E-state index in [0.29, 0.717) is 31.8 Å². The minimum Gasteiger partial charge on any atom is -0.388 e. The first-order valence-electron chi connectivity index (χ1n) is 7.14. The molecule has 0 aliphatic heterocycles. The molecule has 4 N–H and O–H groups in total. The summed E-state index contributed by atoms with van der Waals surface area (Å²) in [6.07, 6.45) is 5.33. The average molecular weight is 258 g/mol. The van der Waals surface area contributed by atoms with E-state index in [9.17, 15) is 9.90 Å². The molecule has 2 atom stereocenters. The highest BCUT2D eigenvalue weighted by Gasteiger charge is 2.18. The van der Waals surface area contributed by atoms with Gasteiger partial charge in [0.15, 0.2) is 0 Å². The monoisotopic (exact) mass is 258 g/mol. The number of amides is 1. The fraction of sp³-hybridized carbons (Fsp3) is 0.929. The predicted octanol–water partition coefficient (Wildman–Crippen LogP) is 1.81. The van der Waals surface area contributed by atoms with E-state index in [4.69, 9.17) is 5.73 Å². The molecule has 0 rings (SSSR count). The summed E-state index contributed by atoms with van der Waals surface area (Å²) in [6.45, 7) is 6.82. The topological polar surface area (TPSA) is 75.4 Å². The maximum atomic E-state index is 11.7. The normalized spacial score (nSPS) is 16.1.